The summed E-state index contributed by atoms with van der Waals surface area (Å²) in [5.41, 5.74) is 5.60. The third-order valence-electron chi connectivity index (χ3n) is 7.73. The van der Waals surface area contributed by atoms with Crippen LogP contribution < -0.4 is 0 Å². The summed E-state index contributed by atoms with van der Waals surface area (Å²) in [7, 11) is 0. The van der Waals surface area contributed by atoms with Crippen LogP contribution in [-0.4, -0.2) is 9.97 Å². The van der Waals surface area contributed by atoms with Crippen LogP contribution in [0.3, 0.4) is 0 Å². The molecule has 8 aromatic rings. The van der Waals surface area contributed by atoms with Gasteiger partial charge in [0.15, 0.2) is 0 Å². The predicted octanol–water partition coefficient (Wildman–Crippen LogP) is 9.58. The van der Waals surface area contributed by atoms with Gasteiger partial charge in [-0.05, 0) is 50.2 Å². The summed E-state index contributed by atoms with van der Waals surface area (Å²) < 4.78 is 0. The van der Waals surface area contributed by atoms with E-state index < -0.39 is 0 Å². The third-order valence-corrected chi connectivity index (χ3v) is 7.73. The first-order valence-electron chi connectivity index (χ1n) is 12.9. The Bertz CT molecular complexity index is 2180. The van der Waals surface area contributed by atoms with Crippen molar-refractivity contribution < 1.29 is 0 Å². The number of rotatable bonds is 2. The maximum Gasteiger partial charge on any atom is 0.0793 e. The minimum atomic E-state index is 0.992. The molecule has 0 spiro atoms. The number of hydrogen-bond donors (Lipinski definition) is 0. The van der Waals surface area contributed by atoms with Crippen molar-refractivity contribution in [3.05, 3.63) is 134 Å². The molecule has 0 unspecified atom stereocenters. The molecule has 2 nitrogen and oxygen atoms in total. The molecule has 2 heteroatoms. The number of benzene rings is 6. The normalized spacial score (nSPS) is 11.7. The molecule has 0 saturated carbocycles. The van der Waals surface area contributed by atoms with Crippen molar-refractivity contribution in [2.24, 2.45) is 0 Å². The van der Waals surface area contributed by atoms with Gasteiger partial charge >= 0.3 is 0 Å². The van der Waals surface area contributed by atoms with E-state index in [2.05, 4.69) is 128 Å². The highest BCUT2D eigenvalue weighted by atomic mass is 14.7. The highest BCUT2D eigenvalue weighted by Crippen LogP contribution is 2.47. The Morgan fingerprint density at radius 3 is 1.82 bits per heavy atom. The molecule has 38 heavy (non-hydrogen) atoms. The Morgan fingerprint density at radius 2 is 1.00 bits per heavy atom. The molecule has 0 aliphatic carbocycles. The molecule has 2 heterocycles. The molecule has 0 bridgehead atoms. The van der Waals surface area contributed by atoms with Gasteiger partial charge in [0.05, 0.1) is 11.2 Å². The number of hydrogen-bond acceptors (Lipinski definition) is 2. The molecule has 0 amide bonds. The molecule has 0 aliphatic heterocycles. The highest BCUT2D eigenvalue weighted by molar-refractivity contribution is 6.29. The second kappa shape index (κ2) is 8.22. The van der Waals surface area contributed by atoms with Crippen LogP contribution in [0.1, 0.15) is 0 Å². The number of pyridine rings is 2. The summed E-state index contributed by atoms with van der Waals surface area (Å²) in [4.78, 5) is 9.93. The zero-order chi connectivity index (χ0) is 25.1. The largest absolute Gasteiger partial charge is 0.256 e. The van der Waals surface area contributed by atoms with Crippen molar-refractivity contribution >= 4 is 54.0 Å². The summed E-state index contributed by atoms with van der Waals surface area (Å²) in [5.74, 6) is 0. The first kappa shape index (κ1) is 21.0. The highest BCUT2D eigenvalue weighted by Gasteiger charge is 2.21. The lowest BCUT2D eigenvalue weighted by molar-refractivity contribution is 1.37. The molecule has 0 atom stereocenters. The summed E-state index contributed by atoms with van der Waals surface area (Å²) in [5, 5.41) is 10.7. The van der Waals surface area contributed by atoms with Crippen molar-refractivity contribution in [2.75, 3.05) is 0 Å². The van der Waals surface area contributed by atoms with E-state index in [1.807, 2.05) is 6.20 Å². The van der Waals surface area contributed by atoms with Gasteiger partial charge in [-0.2, -0.15) is 0 Å². The van der Waals surface area contributed by atoms with Crippen LogP contribution in [0.25, 0.3) is 76.4 Å². The van der Waals surface area contributed by atoms with Gasteiger partial charge in [-0.3, -0.25) is 9.97 Å². The fourth-order valence-electron chi connectivity index (χ4n) is 6.10. The van der Waals surface area contributed by atoms with Gasteiger partial charge in [-0.1, -0.05) is 109 Å². The summed E-state index contributed by atoms with van der Waals surface area (Å²) in [6, 6.07) is 43.1. The lowest BCUT2D eigenvalue weighted by atomic mass is 9.84. The minimum Gasteiger partial charge on any atom is -0.256 e. The van der Waals surface area contributed by atoms with Crippen molar-refractivity contribution in [1.29, 1.82) is 0 Å². The Hall–Kier alpha value is -5.08. The Morgan fingerprint density at radius 1 is 0.395 bits per heavy atom. The van der Waals surface area contributed by atoms with Gasteiger partial charge in [0.25, 0.3) is 0 Å². The molecule has 0 fully saturated rings. The second-order valence-electron chi connectivity index (χ2n) is 9.77. The summed E-state index contributed by atoms with van der Waals surface area (Å²) in [6.45, 7) is 0. The smallest absolute Gasteiger partial charge is 0.0793 e. The molecule has 0 aliphatic rings. The predicted molar refractivity (Wildman–Crippen MR) is 160 cm³/mol. The maximum atomic E-state index is 4.98. The molecule has 6 aromatic carbocycles. The maximum absolute atomic E-state index is 4.98. The van der Waals surface area contributed by atoms with Gasteiger partial charge < -0.3 is 0 Å². The molecule has 176 valence electrons. The molecule has 0 saturated heterocycles. The SMILES string of the molecule is c1ccc2c(-c3c4ccccc4c(-c4nccc5ccccc45)c4cnc5ccccc5c34)cccc2c1. The quantitative estimate of drug-likeness (QED) is 0.181. The van der Waals surface area contributed by atoms with Gasteiger partial charge in [-0.25, -0.2) is 0 Å². The molecule has 8 rings (SSSR count). The van der Waals surface area contributed by atoms with Gasteiger partial charge in [0.2, 0.25) is 0 Å². The summed E-state index contributed by atoms with van der Waals surface area (Å²) in [6.07, 6.45) is 3.98. The van der Waals surface area contributed by atoms with E-state index in [-0.39, 0.29) is 0 Å². The van der Waals surface area contributed by atoms with E-state index in [1.165, 1.54) is 43.4 Å². The average Bonchev–Trinajstić information content (AvgIpc) is 2.99. The zero-order valence-electron chi connectivity index (χ0n) is 20.6. The van der Waals surface area contributed by atoms with Crippen LogP contribution in [0.15, 0.2) is 134 Å². The van der Waals surface area contributed by atoms with Crippen LogP contribution in [0.2, 0.25) is 0 Å². The molecule has 0 radical (unpaired) electrons. The molecule has 0 N–H and O–H groups in total. The Balaban J connectivity index is 1.67. The number of fused-ring (bicyclic) bond motifs is 6. The standard InChI is InChI=1S/C36H22N2/c1-3-13-25-23(10-1)12-9-18-27(25)33-28-15-5-6-16-29(28)35(36-26-14-4-2-11-24(26)20-21-37-36)31-22-38-32-19-8-7-17-30(32)34(31)33/h1-22H. The average molecular weight is 483 g/mol. The molecular weight excluding hydrogens is 460 g/mol. The number of para-hydroxylation sites is 1. The minimum absolute atomic E-state index is 0.992. The van der Waals surface area contributed by atoms with E-state index >= 15 is 0 Å². The fourth-order valence-corrected chi connectivity index (χ4v) is 6.10. The van der Waals surface area contributed by atoms with E-state index in [1.54, 1.807) is 0 Å². The van der Waals surface area contributed by atoms with Crippen LogP contribution in [0.5, 0.6) is 0 Å². The van der Waals surface area contributed by atoms with Crippen molar-refractivity contribution in [2.45, 2.75) is 0 Å². The van der Waals surface area contributed by atoms with Crippen molar-refractivity contribution in [3.63, 3.8) is 0 Å². The van der Waals surface area contributed by atoms with Crippen molar-refractivity contribution in [1.82, 2.24) is 9.97 Å². The Kier molecular flexibility index (Phi) is 4.55. The van der Waals surface area contributed by atoms with Crippen LogP contribution >= 0.6 is 0 Å². The molecular formula is C36H22N2. The van der Waals surface area contributed by atoms with E-state index in [4.69, 9.17) is 9.97 Å². The van der Waals surface area contributed by atoms with Gasteiger partial charge in [0, 0.05) is 39.5 Å². The zero-order valence-corrected chi connectivity index (χ0v) is 20.6. The van der Waals surface area contributed by atoms with Crippen LogP contribution in [0.4, 0.5) is 0 Å². The van der Waals surface area contributed by atoms with Crippen LogP contribution in [-0.2, 0) is 0 Å². The Labute approximate surface area is 219 Å². The van der Waals surface area contributed by atoms with Gasteiger partial charge in [-0.15, -0.1) is 0 Å². The molecule has 2 aromatic heterocycles. The summed E-state index contributed by atoms with van der Waals surface area (Å²) >= 11 is 0. The monoisotopic (exact) mass is 482 g/mol. The van der Waals surface area contributed by atoms with E-state index in [0.29, 0.717) is 0 Å². The van der Waals surface area contributed by atoms with Crippen molar-refractivity contribution in [3.8, 4) is 22.4 Å². The topological polar surface area (TPSA) is 25.8 Å². The van der Waals surface area contributed by atoms with E-state index in [0.717, 1.165) is 32.9 Å². The fraction of sp³-hybridized carbons (Fsp3) is 0. The second-order valence-corrected chi connectivity index (χ2v) is 9.77. The third kappa shape index (κ3) is 3.01. The number of nitrogens with zero attached hydrogens (tertiary/aromatic N) is 2. The lowest BCUT2D eigenvalue weighted by Gasteiger charge is -2.20. The van der Waals surface area contributed by atoms with E-state index in [9.17, 15) is 0 Å². The lowest BCUT2D eigenvalue weighted by Crippen LogP contribution is -1.95. The van der Waals surface area contributed by atoms with Gasteiger partial charge in [0.1, 0.15) is 0 Å². The number of aromatic nitrogens is 2. The van der Waals surface area contributed by atoms with Crippen LogP contribution in [0, 0.1) is 0 Å². The first-order chi connectivity index (χ1) is 18.9. The first-order valence-corrected chi connectivity index (χ1v) is 12.9.